The molecule has 0 aromatic heterocycles. The van der Waals surface area contributed by atoms with Gasteiger partial charge >= 0.3 is 6.09 Å². The van der Waals surface area contributed by atoms with Gasteiger partial charge in [-0.2, -0.15) is 0 Å². The highest BCUT2D eigenvalue weighted by Crippen LogP contribution is 2.19. The third kappa shape index (κ3) is 7.13. The summed E-state index contributed by atoms with van der Waals surface area (Å²) in [7, 11) is -3.46. The fourth-order valence-electron chi connectivity index (χ4n) is 2.87. The Labute approximate surface area is 160 Å². The van der Waals surface area contributed by atoms with E-state index in [1.807, 2.05) is 20.8 Å². The fourth-order valence-corrected chi connectivity index (χ4v) is 4.29. The number of likely N-dealkylation sites (tertiary alicyclic amines) is 1. The Morgan fingerprint density at radius 2 is 2.12 bits per heavy atom. The van der Waals surface area contributed by atoms with Crippen LogP contribution < -0.4 is 4.72 Å². The van der Waals surface area contributed by atoms with E-state index in [0.717, 1.165) is 12.8 Å². The number of carbonyl (C=O) groups excluding carboxylic acids is 1. The van der Waals surface area contributed by atoms with Crippen LogP contribution in [0.1, 0.15) is 39.2 Å². The average Bonchev–Trinajstić information content (AvgIpc) is 2.51. The summed E-state index contributed by atoms with van der Waals surface area (Å²) in [6, 6.07) is 6.81. The van der Waals surface area contributed by atoms with Crippen LogP contribution in [0.15, 0.2) is 24.3 Å². The van der Waals surface area contributed by atoms with Crippen molar-refractivity contribution < 1.29 is 17.9 Å². The molecule has 0 saturated carbocycles. The topological polar surface area (TPSA) is 75.7 Å². The number of benzene rings is 1. The highest BCUT2D eigenvalue weighted by molar-refractivity contribution is 7.88. The first kappa shape index (κ1) is 21.0. The van der Waals surface area contributed by atoms with E-state index in [9.17, 15) is 13.2 Å². The van der Waals surface area contributed by atoms with Crippen LogP contribution in [0.4, 0.5) is 4.79 Å². The number of amides is 1. The average molecular weight is 403 g/mol. The van der Waals surface area contributed by atoms with Gasteiger partial charge in [-0.3, -0.25) is 0 Å². The molecule has 1 heterocycles. The Morgan fingerprint density at radius 3 is 2.77 bits per heavy atom. The summed E-state index contributed by atoms with van der Waals surface area (Å²) in [6.07, 6.45) is 1.36. The molecule has 0 unspecified atom stereocenters. The van der Waals surface area contributed by atoms with Crippen molar-refractivity contribution in [3.63, 3.8) is 0 Å². The summed E-state index contributed by atoms with van der Waals surface area (Å²) in [5.41, 5.74) is 0.104. The molecular formula is C18H27ClN2O4S. The standard InChI is InChI=1S/C18H27ClN2O4S/c1-18(2,3)25-17(22)21-9-5-7-15(12-21)11-20-26(23,24)13-14-6-4-8-16(19)10-14/h4,6,8,10,15,20H,5,7,9,11-13H2,1-3H3/t15-/m1/s1. The number of piperidine rings is 1. The Hall–Kier alpha value is -1.31. The summed E-state index contributed by atoms with van der Waals surface area (Å²) < 4.78 is 32.6. The van der Waals surface area contributed by atoms with Crippen molar-refractivity contribution in [2.24, 2.45) is 5.92 Å². The molecule has 1 aliphatic heterocycles. The molecule has 1 amide bonds. The number of sulfonamides is 1. The molecule has 1 aliphatic rings. The predicted molar refractivity (Wildman–Crippen MR) is 103 cm³/mol. The second kappa shape index (κ2) is 8.59. The van der Waals surface area contributed by atoms with Crippen LogP contribution >= 0.6 is 11.6 Å². The van der Waals surface area contributed by atoms with Gasteiger partial charge in [0.05, 0.1) is 5.75 Å². The molecule has 8 heteroatoms. The first-order valence-electron chi connectivity index (χ1n) is 8.74. The Morgan fingerprint density at radius 1 is 1.38 bits per heavy atom. The van der Waals surface area contributed by atoms with Crippen molar-refractivity contribution in [3.8, 4) is 0 Å². The van der Waals surface area contributed by atoms with E-state index < -0.39 is 15.6 Å². The molecule has 6 nitrogen and oxygen atoms in total. The van der Waals surface area contributed by atoms with Crippen molar-refractivity contribution in [2.75, 3.05) is 19.6 Å². The van der Waals surface area contributed by atoms with Crippen molar-refractivity contribution in [1.29, 1.82) is 0 Å². The van der Waals surface area contributed by atoms with Crippen molar-refractivity contribution in [1.82, 2.24) is 9.62 Å². The van der Waals surface area contributed by atoms with Crippen LogP contribution in [0, 0.1) is 5.92 Å². The van der Waals surface area contributed by atoms with E-state index in [1.54, 1.807) is 29.2 Å². The lowest BCUT2D eigenvalue weighted by molar-refractivity contribution is 0.0169. The first-order chi connectivity index (χ1) is 12.0. The molecule has 0 aliphatic carbocycles. The minimum Gasteiger partial charge on any atom is -0.444 e. The van der Waals surface area contributed by atoms with Crippen LogP contribution in [0.3, 0.4) is 0 Å². The second-order valence-corrected chi connectivity index (χ2v) is 9.92. The molecule has 0 radical (unpaired) electrons. The van der Waals surface area contributed by atoms with Gasteiger partial charge in [0.25, 0.3) is 0 Å². The van der Waals surface area contributed by atoms with Gasteiger partial charge in [0.15, 0.2) is 0 Å². The molecule has 1 aromatic carbocycles. The van der Waals surface area contributed by atoms with Gasteiger partial charge in [0.1, 0.15) is 5.60 Å². The maximum atomic E-state index is 12.3. The number of halogens is 1. The summed E-state index contributed by atoms with van der Waals surface area (Å²) in [5.74, 6) is -0.0406. The van der Waals surface area contributed by atoms with E-state index in [1.165, 1.54) is 0 Å². The number of rotatable bonds is 5. The fraction of sp³-hybridized carbons (Fsp3) is 0.611. The zero-order valence-corrected chi connectivity index (χ0v) is 17.1. The van der Waals surface area contributed by atoms with Gasteiger partial charge in [-0.1, -0.05) is 23.7 Å². The van der Waals surface area contributed by atoms with Crippen LogP contribution in [-0.2, 0) is 20.5 Å². The van der Waals surface area contributed by atoms with Gasteiger partial charge in [-0.25, -0.2) is 17.9 Å². The monoisotopic (exact) mass is 402 g/mol. The quantitative estimate of drug-likeness (QED) is 0.818. The highest BCUT2D eigenvalue weighted by Gasteiger charge is 2.28. The van der Waals surface area contributed by atoms with Crippen molar-refractivity contribution in [2.45, 2.75) is 45.0 Å². The molecule has 2 rings (SSSR count). The normalized spacial score (nSPS) is 18.6. The van der Waals surface area contributed by atoms with Crippen molar-refractivity contribution >= 4 is 27.7 Å². The number of nitrogens with one attached hydrogen (secondary N) is 1. The SMILES string of the molecule is CC(C)(C)OC(=O)N1CCC[C@H](CNS(=O)(=O)Cc2cccc(Cl)c2)C1. The number of hydrogen-bond donors (Lipinski definition) is 1. The molecular weight excluding hydrogens is 376 g/mol. The second-order valence-electron chi connectivity index (χ2n) is 7.67. The van der Waals surface area contributed by atoms with Crippen LogP contribution in [0.2, 0.25) is 5.02 Å². The van der Waals surface area contributed by atoms with Gasteiger partial charge < -0.3 is 9.64 Å². The molecule has 1 saturated heterocycles. The van der Waals surface area contributed by atoms with E-state index in [2.05, 4.69) is 4.72 Å². The van der Waals surface area contributed by atoms with E-state index in [-0.39, 0.29) is 17.8 Å². The number of hydrogen-bond acceptors (Lipinski definition) is 4. The van der Waals surface area contributed by atoms with E-state index in [4.69, 9.17) is 16.3 Å². The molecule has 1 N–H and O–H groups in total. The van der Waals surface area contributed by atoms with Crippen molar-refractivity contribution in [3.05, 3.63) is 34.9 Å². The maximum Gasteiger partial charge on any atom is 0.410 e. The summed E-state index contributed by atoms with van der Waals surface area (Å²) in [5, 5.41) is 0.512. The molecule has 1 aromatic rings. The van der Waals surface area contributed by atoms with Crippen LogP contribution in [-0.4, -0.2) is 44.6 Å². The number of ether oxygens (including phenoxy) is 1. The zero-order valence-electron chi connectivity index (χ0n) is 15.5. The van der Waals surface area contributed by atoms with Crippen LogP contribution in [0.5, 0.6) is 0 Å². The van der Waals surface area contributed by atoms with Gasteiger partial charge in [0, 0.05) is 24.7 Å². The number of nitrogens with zero attached hydrogens (tertiary/aromatic N) is 1. The largest absolute Gasteiger partial charge is 0.444 e. The van der Waals surface area contributed by atoms with E-state index in [0.29, 0.717) is 30.2 Å². The summed E-state index contributed by atoms with van der Waals surface area (Å²) in [6.45, 7) is 6.93. The predicted octanol–water partition coefficient (Wildman–Crippen LogP) is 3.41. The Bertz CT molecular complexity index is 731. The smallest absolute Gasteiger partial charge is 0.410 e. The summed E-state index contributed by atoms with van der Waals surface area (Å²) in [4.78, 5) is 13.8. The molecule has 1 atom stereocenters. The molecule has 1 fully saturated rings. The molecule has 26 heavy (non-hydrogen) atoms. The lowest BCUT2D eigenvalue weighted by Crippen LogP contribution is -2.45. The number of carbonyl (C=O) groups is 1. The Balaban J connectivity index is 1.87. The lowest BCUT2D eigenvalue weighted by Gasteiger charge is -2.34. The third-order valence-electron chi connectivity index (χ3n) is 4.01. The molecule has 146 valence electrons. The summed E-state index contributed by atoms with van der Waals surface area (Å²) >= 11 is 5.90. The highest BCUT2D eigenvalue weighted by atomic mass is 35.5. The minimum atomic E-state index is -3.46. The van der Waals surface area contributed by atoms with Gasteiger partial charge in [-0.15, -0.1) is 0 Å². The zero-order chi connectivity index (χ0) is 19.4. The van der Waals surface area contributed by atoms with Gasteiger partial charge in [0.2, 0.25) is 10.0 Å². The third-order valence-corrected chi connectivity index (χ3v) is 5.56. The molecule has 0 spiro atoms. The van der Waals surface area contributed by atoms with E-state index >= 15 is 0 Å². The molecule has 0 bridgehead atoms. The Kier molecular flexibility index (Phi) is 6.93. The maximum absolute atomic E-state index is 12.3. The van der Waals surface area contributed by atoms with Crippen LogP contribution in [0.25, 0.3) is 0 Å². The van der Waals surface area contributed by atoms with Gasteiger partial charge in [-0.05, 0) is 57.2 Å². The minimum absolute atomic E-state index is 0.0744. The lowest BCUT2D eigenvalue weighted by atomic mass is 9.99. The first-order valence-corrected chi connectivity index (χ1v) is 10.8.